The molecule has 1 aromatic heterocycles. The predicted molar refractivity (Wildman–Crippen MR) is 72.9 cm³/mol. The molecule has 0 aliphatic carbocycles. The van der Waals surface area contributed by atoms with Gasteiger partial charge in [-0.25, -0.2) is 0 Å². The molecule has 0 saturated carbocycles. The molecule has 0 spiro atoms. The average Bonchev–Trinajstić information content (AvgIpc) is 2.90. The van der Waals surface area contributed by atoms with Crippen LogP contribution in [0.4, 0.5) is 0 Å². The van der Waals surface area contributed by atoms with Crippen LogP contribution in [0.25, 0.3) is 5.69 Å². The Kier molecular flexibility index (Phi) is 3.63. The summed E-state index contributed by atoms with van der Waals surface area (Å²) in [4.78, 5) is 13.8. The first kappa shape index (κ1) is 12.2. The molecule has 0 aliphatic rings. The SMILES string of the molecule is CN(C)/C=C/C(=O)c1cccc(-n2cccc2)c1. The fraction of sp³-hybridized carbons (Fsp3) is 0.133. The van der Waals surface area contributed by atoms with Gasteiger partial charge in [0.15, 0.2) is 5.78 Å². The molecule has 3 heteroatoms. The largest absolute Gasteiger partial charge is 0.383 e. The predicted octanol–water partition coefficient (Wildman–Crippen LogP) is 2.74. The molecule has 2 aromatic rings. The van der Waals surface area contributed by atoms with Gasteiger partial charge in [-0.3, -0.25) is 4.79 Å². The van der Waals surface area contributed by atoms with Crippen LogP contribution in [-0.4, -0.2) is 29.3 Å². The first-order valence-corrected chi connectivity index (χ1v) is 5.79. The molecule has 0 fully saturated rings. The fourth-order valence-electron chi connectivity index (χ4n) is 1.64. The van der Waals surface area contributed by atoms with E-state index in [1.54, 1.807) is 12.3 Å². The molecule has 0 atom stereocenters. The van der Waals surface area contributed by atoms with E-state index in [2.05, 4.69) is 0 Å². The van der Waals surface area contributed by atoms with E-state index < -0.39 is 0 Å². The van der Waals surface area contributed by atoms with Gasteiger partial charge in [0.25, 0.3) is 0 Å². The van der Waals surface area contributed by atoms with Crippen LogP contribution in [-0.2, 0) is 0 Å². The van der Waals surface area contributed by atoms with Crippen molar-refractivity contribution < 1.29 is 4.79 Å². The lowest BCUT2D eigenvalue weighted by atomic mass is 10.1. The summed E-state index contributed by atoms with van der Waals surface area (Å²) >= 11 is 0. The highest BCUT2D eigenvalue weighted by atomic mass is 16.1. The summed E-state index contributed by atoms with van der Waals surface area (Å²) in [5.41, 5.74) is 1.68. The Morgan fingerprint density at radius 2 is 1.89 bits per heavy atom. The number of allylic oxidation sites excluding steroid dienone is 1. The summed E-state index contributed by atoms with van der Waals surface area (Å²) in [5, 5.41) is 0. The zero-order chi connectivity index (χ0) is 13.0. The van der Waals surface area contributed by atoms with Gasteiger partial charge in [0.05, 0.1) is 0 Å². The quantitative estimate of drug-likeness (QED) is 0.606. The summed E-state index contributed by atoms with van der Waals surface area (Å²) in [5.74, 6) is 0.0118. The first-order chi connectivity index (χ1) is 8.66. The van der Waals surface area contributed by atoms with Crippen LogP contribution in [0.2, 0.25) is 0 Å². The Morgan fingerprint density at radius 3 is 2.56 bits per heavy atom. The van der Waals surface area contributed by atoms with Gasteiger partial charge < -0.3 is 9.47 Å². The molecular weight excluding hydrogens is 224 g/mol. The number of aromatic nitrogens is 1. The third kappa shape index (κ3) is 2.88. The molecule has 1 heterocycles. The fourth-order valence-corrected chi connectivity index (χ4v) is 1.64. The molecule has 0 unspecified atom stereocenters. The van der Waals surface area contributed by atoms with Crippen molar-refractivity contribution in [3.8, 4) is 5.69 Å². The minimum absolute atomic E-state index is 0.0118. The van der Waals surface area contributed by atoms with Crippen molar-refractivity contribution in [1.82, 2.24) is 9.47 Å². The highest BCUT2D eigenvalue weighted by molar-refractivity contribution is 6.04. The molecule has 0 amide bonds. The van der Waals surface area contributed by atoms with E-state index in [0.717, 1.165) is 5.69 Å². The van der Waals surface area contributed by atoms with Crippen molar-refractivity contribution in [3.63, 3.8) is 0 Å². The number of carbonyl (C=O) groups is 1. The second-order valence-corrected chi connectivity index (χ2v) is 4.28. The van der Waals surface area contributed by atoms with Gasteiger partial charge in [-0.1, -0.05) is 12.1 Å². The van der Waals surface area contributed by atoms with Crippen LogP contribution in [0.5, 0.6) is 0 Å². The first-order valence-electron chi connectivity index (χ1n) is 5.79. The van der Waals surface area contributed by atoms with Crippen LogP contribution >= 0.6 is 0 Å². The zero-order valence-electron chi connectivity index (χ0n) is 10.6. The van der Waals surface area contributed by atoms with Gasteiger partial charge in [0, 0.05) is 50.0 Å². The molecule has 18 heavy (non-hydrogen) atoms. The number of hydrogen-bond donors (Lipinski definition) is 0. The van der Waals surface area contributed by atoms with E-state index in [1.807, 2.05) is 72.4 Å². The summed E-state index contributed by atoms with van der Waals surface area (Å²) in [7, 11) is 3.78. The van der Waals surface area contributed by atoms with Gasteiger partial charge in [-0.15, -0.1) is 0 Å². The maximum atomic E-state index is 11.9. The monoisotopic (exact) mass is 240 g/mol. The Balaban J connectivity index is 2.25. The number of hydrogen-bond acceptors (Lipinski definition) is 2. The highest BCUT2D eigenvalue weighted by Crippen LogP contribution is 2.11. The summed E-state index contributed by atoms with van der Waals surface area (Å²) in [6, 6.07) is 11.5. The average molecular weight is 240 g/mol. The molecule has 1 aromatic carbocycles. The van der Waals surface area contributed by atoms with Crippen LogP contribution in [0.1, 0.15) is 10.4 Å². The Bertz CT molecular complexity index is 554. The maximum absolute atomic E-state index is 11.9. The molecule has 0 bridgehead atoms. The lowest BCUT2D eigenvalue weighted by molar-refractivity contribution is 0.104. The minimum atomic E-state index is 0.0118. The van der Waals surface area contributed by atoms with Crippen molar-refractivity contribution in [2.24, 2.45) is 0 Å². The van der Waals surface area contributed by atoms with Gasteiger partial charge in [0.2, 0.25) is 0 Å². The molecule has 0 N–H and O–H groups in total. The van der Waals surface area contributed by atoms with Crippen molar-refractivity contribution in [2.75, 3.05) is 14.1 Å². The molecule has 0 aliphatic heterocycles. The lowest BCUT2D eigenvalue weighted by Gasteiger charge is -2.05. The molecule has 0 radical (unpaired) electrons. The number of rotatable bonds is 4. The zero-order valence-corrected chi connectivity index (χ0v) is 10.6. The second kappa shape index (κ2) is 5.36. The maximum Gasteiger partial charge on any atom is 0.187 e. The van der Waals surface area contributed by atoms with Crippen molar-refractivity contribution in [2.45, 2.75) is 0 Å². The molecule has 0 saturated heterocycles. The van der Waals surface area contributed by atoms with Gasteiger partial charge >= 0.3 is 0 Å². The molecule has 2 rings (SSSR count). The number of nitrogens with zero attached hydrogens (tertiary/aromatic N) is 2. The van der Waals surface area contributed by atoms with Crippen molar-refractivity contribution >= 4 is 5.78 Å². The topological polar surface area (TPSA) is 25.2 Å². The van der Waals surface area contributed by atoms with Crippen molar-refractivity contribution in [3.05, 3.63) is 66.6 Å². The van der Waals surface area contributed by atoms with Crippen LogP contribution in [0, 0.1) is 0 Å². The summed E-state index contributed by atoms with van der Waals surface area (Å²) in [6.45, 7) is 0. The van der Waals surface area contributed by atoms with Gasteiger partial charge in [0.1, 0.15) is 0 Å². The van der Waals surface area contributed by atoms with Crippen LogP contribution < -0.4 is 0 Å². The van der Waals surface area contributed by atoms with Crippen LogP contribution in [0.3, 0.4) is 0 Å². The number of carbonyl (C=O) groups excluding carboxylic acids is 1. The summed E-state index contributed by atoms with van der Waals surface area (Å²) in [6.07, 6.45) is 7.25. The third-order valence-corrected chi connectivity index (χ3v) is 2.56. The van der Waals surface area contributed by atoms with E-state index in [9.17, 15) is 4.79 Å². The number of benzene rings is 1. The minimum Gasteiger partial charge on any atom is -0.383 e. The number of ketones is 1. The van der Waals surface area contributed by atoms with Crippen molar-refractivity contribution in [1.29, 1.82) is 0 Å². The molecular formula is C15H16N2O. The second-order valence-electron chi connectivity index (χ2n) is 4.28. The Morgan fingerprint density at radius 1 is 1.17 bits per heavy atom. The van der Waals surface area contributed by atoms with E-state index in [1.165, 1.54) is 0 Å². The highest BCUT2D eigenvalue weighted by Gasteiger charge is 2.03. The van der Waals surface area contributed by atoms with E-state index in [4.69, 9.17) is 0 Å². The standard InChI is InChI=1S/C15H16N2O/c1-16(2)11-8-15(18)13-6-5-7-14(12-13)17-9-3-4-10-17/h3-12H,1-2H3/b11-8+. The van der Waals surface area contributed by atoms with E-state index >= 15 is 0 Å². The van der Waals surface area contributed by atoms with Gasteiger partial charge in [-0.05, 0) is 24.3 Å². The molecule has 3 nitrogen and oxygen atoms in total. The normalized spacial score (nSPS) is 10.8. The smallest absolute Gasteiger partial charge is 0.187 e. The van der Waals surface area contributed by atoms with E-state index in [-0.39, 0.29) is 5.78 Å². The Labute approximate surface area is 107 Å². The Hall–Kier alpha value is -2.29. The van der Waals surface area contributed by atoms with Gasteiger partial charge in [-0.2, -0.15) is 0 Å². The third-order valence-electron chi connectivity index (χ3n) is 2.56. The van der Waals surface area contributed by atoms with E-state index in [0.29, 0.717) is 5.56 Å². The summed E-state index contributed by atoms with van der Waals surface area (Å²) < 4.78 is 1.98. The van der Waals surface area contributed by atoms with Crippen LogP contribution in [0.15, 0.2) is 61.1 Å². The molecule has 92 valence electrons. The lowest BCUT2D eigenvalue weighted by Crippen LogP contribution is -2.03.